The number of rotatable bonds is 5. The molecule has 0 saturated carbocycles. The summed E-state index contributed by atoms with van der Waals surface area (Å²) in [6.45, 7) is 1.82. The van der Waals surface area contributed by atoms with Crippen molar-refractivity contribution in [1.29, 1.82) is 5.26 Å². The van der Waals surface area contributed by atoms with Crippen molar-refractivity contribution in [3.05, 3.63) is 35.6 Å². The maximum Gasteiger partial charge on any atom is 0.227 e. The minimum absolute atomic E-state index is 0.129. The molecule has 6 nitrogen and oxygen atoms in total. The van der Waals surface area contributed by atoms with Gasteiger partial charge in [-0.1, -0.05) is 11.2 Å². The Balaban J connectivity index is 2.01. The quantitative estimate of drug-likeness (QED) is 0.812. The van der Waals surface area contributed by atoms with Gasteiger partial charge in [0.25, 0.3) is 0 Å². The SMILES string of the molecule is COc1ccc(Cc2noc(CC(C)C#N)n2)cn1. The van der Waals surface area contributed by atoms with Crippen LogP contribution in [0.1, 0.15) is 24.2 Å². The van der Waals surface area contributed by atoms with Crippen LogP contribution in [-0.4, -0.2) is 22.2 Å². The number of pyridine rings is 1. The first kappa shape index (κ1) is 13.0. The Labute approximate surface area is 111 Å². The summed E-state index contributed by atoms with van der Waals surface area (Å²) in [5.74, 6) is 1.52. The minimum atomic E-state index is -0.129. The second-order valence-corrected chi connectivity index (χ2v) is 4.22. The van der Waals surface area contributed by atoms with E-state index in [1.54, 1.807) is 19.4 Å². The smallest absolute Gasteiger partial charge is 0.227 e. The Bertz CT molecular complexity index is 571. The molecule has 0 aliphatic carbocycles. The highest BCUT2D eigenvalue weighted by Crippen LogP contribution is 2.11. The molecule has 2 aromatic rings. The average Bonchev–Trinajstić information content (AvgIpc) is 2.86. The van der Waals surface area contributed by atoms with Crippen LogP contribution >= 0.6 is 0 Å². The van der Waals surface area contributed by atoms with Gasteiger partial charge in [0.2, 0.25) is 11.8 Å². The first-order chi connectivity index (χ1) is 9.21. The fourth-order valence-corrected chi connectivity index (χ4v) is 1.57. The minimum Gasteiger partial charge on any atom is -0.481 e. The molecule has 0 saturated heterocycles. The molecule has 0 fully saturated rings. The first-order valence-corrected chi connectivity index (χ1v) is 5.91. The van der Waals surface area contributed by atoms with Gasteiger partial charge in [0.1, 0.15) is 0 Å². The van der Waals surface area contributed by atoms with Crippen LogP contribution in [0.25, 0.3) is 0 Å². The summed E-state index contributed by atoms with van der Waals surface area (Å²) in [6, 6.07) is 5.82. The lowest BCUT2D eigenvalue weighted by atomic mass is 10.1. The molecule has 19 heavy (non-hydrogen) atoms. The van der Waals surface area contributed by atoms with Gasteiger partial charge in [-0.15, -0.1) is 0 Å². The summed E-state index contributed by atoms with van der Waals surface area (Å²) in [7, 11) is 1.57. The number of nitriles is 1. The number of nitrogens with zero attached hydrogens (tertiary/aromatic N) is 4. The average molecular weight is 258 g/mol. The van der Waals surface area contributed by atoms with E-state index in [1.165, 1.54) is 0 Å². The zero-order chi connectivity index (χ0) is 13.7. The van der Waals surface area contributed by atoms with Crippen molar-refractivity contribution in [2.75, 3.05) is 7.11 Å². The molecular weight excluding hydrogens is 244 g/mol. The van der Waals surface area contributed by atoms with Gasteiger partial charge >= 0.3 is 0 Å². The third-order valence-electron chi connectivity index (χ3n) is 2.58. The Morgan fingerprint density at radius 3 is 2.95 bits per heavy atom. The molecule has 2 heterocycles. The van der Waals surface area contributed by atoms with E-state index in [9.17, 15) is 0 Å². The largest absolute Gasteiger partial charge is 0.481 e. The standard InChI is InChI=1S/C13H14N4O2/c1-9(7-14)5-13-16-11(17-19-13)6-10-3-4-12(18-2)15-8-10/h3-4,8-9H,5-6H2,1-2H3. The van der Waals surface area contributed by atoms with Gasteiger partial charge in [0.15, 0.2) is 5.82 Å². The van der Waals surface area contributed by atoms with E-state index in [1.807, 2.05) is 13.0 Å². The van der Waals surface area contributed by atoms with E-state index in [2.05, 4.69) is 21.2 Å². The van der Waals surface area contributed by atoms with E-state index < -0.39 is 0 Å². The molecule has 0 spiro atoms. The normalized spacial score (nSPS) is 11.8. The highest BCUT2D eigenvalue weighted by molar-refractivity contribution is 5.20. The van der Waals surface area contributed by atoms with Crippen LogP contribution in [0.3, 0.4) is 0 Å². The fourth-order valence-electron chi connectivity index (χ4n) is 1.57. The van der Waals surface area contributed by atoms with Gasteiger partial charge in [0.05, 0.1) is 19.1 Å². The zero-order valence-electron chi connectivity index (χ0n) is 10.8. The number of methoxy groups -OCH3 is 1. The molecule has 0 bridgehead atoms. The Hall–Kier alpha value is -2.42. The van der Waals surface area contributed by atoms with Crippen molar-refractivity contribution >= 4 is 0 Å². The van der Waals surface area contributed by atoms with E-state index in [0.29, 0.717) is 30.4 Å². The van der Waals surface area contributed by atoms with E-state index in [-0.39, 0.29) is 5.92 Å². The highest BCUT2D eigenvalue weighted by Gasteiger charge is 2.10. The lowest BCUT2D eigenvalue weighted by Crippen LogP contribution is -1.97. The molecule has 2 aromatic heterocycles. The molecule has 98 valence electrons. The molecule has 0 radical (unpaired) electrons. The predicted molar refractivity (Wildman–Crippen MR) is 66.4 cm³/mol. The highest BCUT2D eigenvalue weighted by atomic mass is 16.5. The van der Waals surface area contributed by atoms with Crippen molar-refractivity contribution in [3.63, 3.8) is 0 Å². The predicted octanol–water partition coefficient (Wildman–Crippen LogP) is 1.77. The van der Waals surface area contributed by atoms with Crippen LogP contribution in [0.5, 0.6) is 5.88 Å². The summed E-state index contributed by atoms with van der Waals surface area (Å²) in [5, 5.41) is 12.6. The van der Waals surface area contributed by atoms with Crippen molar-refractivity contribution in [2.45, 2.75) is 19.8 Å². The van der Waals surface area contributed by atoms with Gasteiger partial charge < -0.3 is 9.26 Å². The topological polar surface area (TPSA) is 84.8 Å². The van der Waals surface area contributed by atoms with Crippen LogP contribution in [0.2, 0.25) is 0 Å². The Morgan fingerprint density at radius 1 is 1.47 bits per heavy atom. The maximum atomic E-state index is 8.73. The first-order valence-electron chi connectivity index (χ1n) is 5.91. The summed E-state index contributed by atoms with van der Waals surface area (Å²) in [6.07, 6.45) is 2.73. The monoisotopic (exact) mass is 258 g/mol. The third kappa shape index (κ3) is 3.52. The molecule has 0 aliphatic rings. The van der Waals surface area contributed by atoms with Crippen molar-refractivity contribution in [2.24, 2.45) is 5.92 Å². The molecule has 0 aromatic carbocycles. The van der Waals surface area contributed by atoms with Gasteiger partial charge in [-0.05, 0) is 12.5 Å². The van der Waals surface area contributed by atoms with E-state index in [4.69, 9.17) is 14.5 Å². The van der Waals surface area contributed by atoms with Crippen LogP contribution in [0, 0.1) is 17.2 Å². The second kappa shape index (κ2) is 5.96. The molecule has 1 atom stereocenters. The summed E-state index contributed by atoms with van der Waals surface area (Å²) in [4.78, 5) is 8.36. The van der Waals surface area contributed by atoms with Gasteiger partial charge in [-0.25, -0.2) is 4.98 Å². The van der Waals surface area contributed by atoms with Crippen LogP contribution in [-0.2, 0) is 12.8 Å². The van der Waals surface area contributed by atoms with Crippen molar-refractivity contribution in [3.8, 4) is 11.9 Å². The van der Waals surface area contributed by atoms with Crippen LogP contribution < -0.4 is 4.74 Å². The maximum absolute atomic E-state index is 8.73. The summed E-state index contributed by atoms with van der Waals surface area (Å²) in [5.41, 5.74) is 0.974. The summed E-state index contributed by atoms with van der Waals surface area (Å²) >= 11 is 0. The summed E-state index contributed by atoms with van der Waals surface area (Å²) < 4.78 is 10.1. The van der Waals surface area contributed by atoms with Crippen LogP contribution in [0.4, 0.5) is 0 Å². The lowest BCUT2D eigenvalue weighted by Gasteiger charge is -1.99. The Morgan fingerprint density at radius 2 is 2.32 bits per heavy atom. The van der Waals surface area contributed by atoms with E-state index >= 15 is 0 Å². The van der Waals surface area contributed by atoms with Gasteiger partial charge in [0, 0.05) is 25.1 Å². The fraction of sp³-hybridized carbons (Fsp3) is 0.385. The number of ether oxygens (including phenoxy) is 1. The van der Waals surface area contributed by atoms with E-state index in [0.717, 1.165) is 5.56 Å². The second-order valence-electron chi connectivity index (χ2n) is 4.22. The van der Waals surface area contributed by atoms with Gasteiger partial charge in [-0.2, -0.15) is 10.2 Å². The molecule has 0 N–H and O–H groups in total. The lowest BCUT2D eigenvalue weighted by molar-refractivity contribution is 0.365. The molecule has 1 unspecified atom stereocenters. The van der Waals surface area contributed by atoms with Gasteiger partial charge in [-0.3, -0.25) is 0 Å². The molecule has 2 rings (SSSR count). The molecular formula is C13H14N4O2. The number of hydrogen-bond acceptors (Lipinski definition) is 6. The molecule has 6 heteroatoms. The Kier molecular flexibility index (Phi) is 4.08. The van der Waals surface area contributed by atoms with Crippen LogP contribution in [0.15, 0.2) is 22.9 Å². The van der Waals surface area contributed by atoms with Crippen molar-refractivity contribution < 1.29 is 9.26 Å². The molecule has 0 amide bonds. The van der Waals surface area contributed by atoms with Crippen molar-refractivity contribution in [1.82, 2.24) is 15.1 Å². The molecule has 0 aliphatic heterocycles. The number of hydrogen-bond donors (Lipinski definition) is 0. The third-order valence-corrected chi connectivity index (χ3v) is 2.58. The number of aromatic nitrogens is 3. The zero-order valence-corrected chi connectivity index (χ0v) is 10.8.